The van der Waals surface area contributed by atoms with Crippen molar-refractivity contribution >= 4 is 11.6 Å². The van der Waals surface area contributed by atoms with Crippen LogP contribution >= 0.6 is 11.6 Å². The molecule has 2 rings (SSSR count). The molecule has 0 aliphatic heterocycles. The number of aromatic nitrogens is 1. The summed E-state index contributed by atoms with van der Waals surface area (Å²) in [7, 11) is 0. The van der Waals surface area contributed by atoms with Crippen molar-refractivity contribution in [1.29, 1.82) is 0 Å². The van der Waals surface area contributed by atoms with E-state index in [-0.39, 0.29) is 0 Å². The van der Waals surface area contributed by atoms with Crippen molar-refractivity contribution in [2.75, 3.05) is 0 Å². The predicted octanol–water partition coefficient (Wildman–Crippen LogP) is 3.31. The molecule has 78 valence electrons. The van der Waals surface area contributed by atoms with Crippen LogP contribution in [0.1, 0.15) is 22.7 Å². The van der Waals surface area contributed by atoms with E-state index in [0.717, 1.165) is 18.0 Å². The van der Waals surface area contributed by atoms with Crippen molar-refractivity contribution in [3.05, 3.63) is 53.2 Å². The zero-order valence-electron chi connectivity index (χ0n) is 8.53. The fourth-order valence-corrected chi connectivity index (χ4v) is 1.61. The van der Waals surface area contributed by atoms with E-state index in [4.69, 9.17) is 16.0 Å². The van der Waals surface area contributed by atoms with Gasteiger partial charge in [0.1, 0.15) is 6.26 Å². The molecule has 15 heavy (non-hydrogen) atoms. The SMILES string of the molecule is Cc1cccc(Cc2nc(CCl)co2)c1. The monoisotopic (exact) mass is 221 g/mol. The van der Waals surface area contributed by atoms with Crippen molar-refractivity contribution in [3.63, 3.8) is 0 Å². The molecule has 0 fully saturated rings. The molecule has 1 heterocycles. The Morgan fingerprint density at radius 1 is 1.40 bits per heavy atom. The first kappa shape index (κ1) is 10.2. The summed E-state index contributed by atoms with van der Waals surface area (Å²) in [6.45, 7) is 2.07. The highest BCUT2D eigenvalue weighted by Gasteiger charge is 2.04. The fraction of sp³-hybridized carbons (Fsp3) is 0.250. The second-order valence-corrected chi connectivity index (χ2v) is 3.80. The van der Waals surface area contributed by atoms with Gasteiger partial charge in [-0.25, -0.2) is 4.98 Å². The van der Waals surface area contributed by atoms with Gasteiger partial charge in [-0.2, -0.15) is 0 Å². The highest BCUT2D eigenvalue weighted by Crippen LogP contribution is 2.11. The first-order chi connectivity index (χ1) is 7.28. The zero-order valence-corrected chi connectivity index (χ0v) is 9.29. The lowest BCUT2D eigenvalue weighted by atomic mass is 10.1. The minimum atomic E-state index is 0.400. The van der Waals surface area contributed by atoms with Crippen LogP contribution in [0.2, 0.25) is 0 Å². The Morgan fingerprint density at radius 2 is 2.27 bits per heavy atom. The summed E-state index contributed by atoms with van der Waals surface area (Å²) in [4.78, 5) is 4.26. The van der Waals surface area contributed by atoms with Crippen molar-refractivity contribution in [2.24, 2.45) is 0 Å². The molecule has 0 saturated carbocycles. The summed E-state index contributed by atoms with van der Waals surface area (Å²) < 4.78 is 5.30. The smallest absolute Gasteiger partial charge is 0.198 e. The molecule has 0 aliphatic rings. The molecule has 1 aromatic heterocycles. The van der Waals surface area contributed by atoms with Crippen LogP contribution in [-0.4, -0.2) is 4.98 Å². The number of oxazole rings is 1. The van der Waals surface area contributed by atoms with E-state index >= 15 is 0 Å². The number of benzene rings is 1. The van der Waals surface area contributed by atoms with Gasteiger partial charge < -0.3 is 4.42 Å². The fourth-order valence-electron chi connectivity index (χ4n) is 1.49. The van der Waals surface area contributed by atoms with Gasteiger partial charge in [0.05, 0.1) is 11.6 Å². The van der Waals surface area contributed by atoms with E-state index in [1.807, 2.05) is 6.07 Å². The standard InChI is InChI=1S/C12H12ClNO/c1-9-3-2-4-10(5-9)6-12-14-11(7-13)8-15-12/h2-5,8H,6-7H2,1H3. The topological polar surface area (TPSA) is 26.0 Å². The van der Waals surface area contributed by atoms with Gasteiger partial charge in [0.25, 0.3) is 0 Å². The normalized spacial score (nSPS) is 10.5. The summed E-state index contributed by atoms with van der Waals surface area (Å²) in [6, 6.07) is 8.31. The quantitative estimate of drug-likeness (QED) is 0.744. The number of aryl methyl sites for hydroxylation is 1. The molecule has 0 bridgehead atoms. The van der Waals surface area contributed by atoms with Gasteiger partial charge in [0, 0.05) is 6.42 Å². The van der Waals surface area contributed by atoms with Gasteiger partial charge >= 0.3 is 0 Å². The van der Waals surface area contributed by atoms with Gasteiger partial charge in [0.15, 0.2) is 5.89 Å². The Morgan fingerprint density at radius 3 is 2.93 bits per heavy atom. The van der Waals surface area contributed by atoms with Crippen LogP contribution in [0, 0.1) is 6.92 Å². The maximum absolute atomic E-state index is 5.65. The lowest BCUT2D eigenvalue weighted by Gasteiger charge is -1.98. The minimum Gasteiger partial charge on any atom is -0.448 e. The molecular formula is C12H12ClNO. The highest BCUT2D eigenvalue weighted by atomic mass is 35.5. The van der Waals surface area contributed by atoms with Gasteiger partial charge in [0.2, 0.25) is 0 Å². The van der Waals surface area contributed by atoms with Crippen molar-refractivity contribution < 1.29 is 4.42 Å². The van der Waals surface area contributed by atoms with E-state index in [1.165, 1.54) is 11.1 Å². The van der Waals surface area contributed by atoms with Crippen LogP contribution < -0.4 is 0 Å². The van der Waals surface area contributed by atoms with E-state index < -0.39 is 0 Å². The van der Waals surface area contributed by atoms with Crippen LogP contribution in [0.5, 0.6) is 0 Å². The molecular weight excluding hydrogens is 210 g/mol. The summed E-state index contributed by atoms with van der Waals surface area (Å²) in [5.74, 6) is 1.12. The largest absolute Gasteiger partial charge is 0.448 e. The predicted molar refractivity (Wildman–Crippen MR) is 60.0 cm³/mol. The molecule has 1 aromatic carbocycles. The van der Waals surface area contributed by atoms with E-state index in [2.05, 4.69) is 30.1 Å². The molecule has 0 spiro atoms. The molecule has 0 atom stereocenters. The van der Waals surface area contributed by atoms with E-state index in [9.17, 15) is 0 Å². The molecule has 0 aliphatic carbocycles. The number of nitrogens with zero attached hydrogens (tertiary/aromatic N) is 1. The van der Waals surface area contributed by atoms with E-state index in [0.29, 0.717) is 5.88 Å². The highest BCUT2D eigenvalue weighted by molar-refractivity contribution is 6.16. The number of hydrogen-bond donors (Lipinski definition) is 0. The van der Waals surface area contributed by atoms with Crippen LogP contribution in [0.25, 0.3) is 0 Å². The minimum absolute atomic E-state index is 0.400. The average molecular weight is 222 g/mol. The third kappa shape index (κ3) is 2.60. The maximum atomic E-state index is 5.65. The summed E-state index contributed by atoms with van der Waals surface area (Å²) in [5.41, 5.74) is 3.24. The van der Waals surface area contributed by atoms with Gasteiger partial charge in [-0.15, -0.1) is 11.6 Å². The number of rotatable bonds is 3. The maximum Gasteiger partial charge on any atom is 0.198 e. The molecule has 0 unspecified atom stereocenters. The number of alkyl halides is 1. The molecule has 3 heteroatoms. The summed E-state index contributed by atoms with van der Waals surface area (Å²) in [5, 5.41) is 0. The van der Waals surface area contributed by atoms with Crippen molar-refractivity contribution in [1.82, 2.24) is 4.98 Å². The molecule has 0 N–H and O–H groups in total. The lowest BCUT2D eigenvalue weighted by Crippen LogP contribution is -1.89. The van der Waals surface area contributed by atoms with Crippen LogP contribution in [0.15, 0.2) is 34.9 Å². The van der Waals surface area contributed by atoms with Crippen molar-refractivity contribution in [3.8, 4) is 0 Å². The lowest BCUT2D eigenvalue weighted by molar-refractivity contribution is 0.506. The first-order valence-electron chi connectivity index (χ1n) is 4.83. The van der Waals surface area contributed by atoms with E-state index in [1.54, 1.807) is 6.26 Å². The third-order valence-electron chi connectivity index (χ3n) is 2.17. The Kier molecular flexibility index (Phi) is 3.07. The summed E-state index contributed by atoms with van der Waals surface area (Å²) in [6.07, 6.45) is 2.33. The van der Waals surface area contributed by atoms with Gasteiger partial charge in [-0.1, -0.05) is 29.8 Å². The Hall–Kier alpha value is -1.28. The van der Waals surface area contributed by atoms with Crippen LogP contribution in [0.4, 0.5) is 0 Å². The molecule has 0 radical (unpaired) electrons. The Labute approximate surface area is 93.9 Å². The second kappa shape index (κ2) is 4.49. The van der Waals surface area contributed by atoms with Gasteiger partial charge in [-0.05, 0) is 12.5 Å². The number of halogens is 1. The Bertz CT molecular complexity index is 450. The second-order valence-electron chi connectivity index (χ2n) is 3.53. The molecule has 2 nitrogen and oxygen atoms in total. The van der Waals surface area contributed by atoms with Gasteiger partial charge in [-0.3, -0.25) is 0 Å². The molecule has 0 saturated heterocycles. The average Bonchev–Trinajstić information content (AvgIpc) is 2.65. The first-order valence-corrected chi connectivity index (χ1v) is 5.36. The Balaban J connectivity index is 2.14. The third-order valence-corrected chi connectivity index (χ3v) is 2.45. The zero-order chi connectivity index (χ0) is 10.7. The molecule has 2 aromatic rings. The van der Waals surface area contributed by atoms with Crippen molar-refractivity contribution in [2.45, 2.75) is 19.2 Å². The summed E-state index contributed by atoms with van der Waals surface area (Å²) >= 11 is 5.65. The van der Waals surface area contributed by atoms with Crippen LogP contribution in [0.3, 0.4) is 0 Å². The molecule has 0 amide bonds. The van der Waals surface area contributed by atoms with Crippen LogP contribution in [-0.2, 0) is 12.3 Å². The number of hydrogen-bond acceptors (Lipinski definition) is 2.